The molecule has 1 saturated heterocycles. The van der Waals surface area contributed by atoms with E-state index in [2.05, 4.69) is 4.90 Å². The highest BCUT2D eigenvalue weighted by atomic mass is 16.3. The summed E-state index contributed by atoms with van der Waals surface area (Å²) in [4.78, 5) is 2.57. The summed E-state index contributed by atoms with van der Waals surface area (Å²) in [7, 11) is 0. The minimum atomic E-state index is -0.564. The third kappa shape index (κ3) is 2.71. The molecule has 2 aliphatic rings. The van der Waals surface area contributed by atoms with Crippen LogP contribution in [-0.2, 0) is 0 Å². The van der Waals surface area contributed by atoms with Gasteiger partial charge in [-0.15, -0.1) is 0 Å². The summed E-state index contributed by atoms with van der Waals surface area (Å²) in [6.45, 7) is 2.50. The second kappa shape index (κ2) is 4.81. The van der Waals surface area contributed by atoms with E-state index < -0.39 is 5.60 Å². The molecule has 0 amide bonds. The smallest absolute Gasteiger partial charge is 0.0793 e. The third-order valence-corrected chi connectivity index (χ3v) is 4.20. The highest BCUT2D eigenvalue weighted by Gasteiger charge is 2.33. The first-order valence-corrected chi connectivity index (χ1v) is 6.40. The maximum absolute atomic E-state index is 10.0. The average molecular weight is 212 g/mol. The minimum Gasteiger partial charge on any atom is -0.388 e. The molecule has 0 radical (unpaired) electrons. The molecule has 1 saturated carbocycles. The fraction of sp³-hybridized carbons (Fsp3) is 1.00. The van der Waals surface area contributed by atoms with Gasteiger partial charge in [0.2, 0.25) is 0 Å². The fourth-order valence-electron chi connectivity index (χ4n) is 2.96. The third-order valence-electron chi connectivity index (χ3n) is 4.20. The lowest BCUT2D eigenvalue weighted by Crippen LogP contribution is -2.51. The topological polar surface area (TPSA) is 49.5 Å². The Hall–Kier alpha value is -0.120. The Bertz CT molecular complexity index is 194. The molecule has 0 bridgehead atoms. The van der Waals surface area contributed by atoms with E-state index in [4.69, 9.17) is 5.73 Å². The Morgan fingerprint density at radius 1 is 1.13 bits per heavy atom. The highest BCUT2D eigenvalue weighted by molar-refractivity contribution is 4.89. The van der Waals surface area contributed by atoms with Crippen LogP contribution in [0.1, 0.15) is 44.9 Å². The van der Waals surface area contributed by atoms with E-state index in [1.807, 2.05) is 0 Å². The fourth-order valence-corrected chi connectivity index (χ4v) is 2.96. The van der Waals surface area contributed by atoms with E-state index in [1.165, 1.54) is 32.1 Å². The van der Waals surface area contributed by atoms with Crippen molar-refractivity contribution in [2.24, 2.45) is 5.73 Å². The minimum absolute atomic E-state index is 0.422. The van der Waals surface area contributed by atoms with Gasteiger partial charge in [0.05, 0.1) is 5.60 Å². The van der Waals surface area contributed by atoms with Crippen molar-refractivity contribution < 1.29 is 5.11 Å². The van der Waals surface area contributed by atoms with Gasteiger partial charge in [0.15, 0.2) is 0 Å². The van der Waals surface area contributed by atoms with Gasteiger partial charge in [0.25, 0.3) is 0 Å². The summed E-state index contributed by atoms with van der Waals surface area (Å²) in [5.74, 6) is 0. The first-order chi connectivity index (χ1) is 7.23. The first-order valence-electron chi connectivity index (χ1n) is 6.40. The molecule has 3 N–H and O–H groups in total. The van der Waals surface area contributed by atoms with Crippen molar-refractivity contribution in [1.82, 2.24) is 4.90 Å². The van der Waals surface area contributed by atoms with E-state index >= 15 is 0 Å². The Labute approximate surface area is 92.6 Å². The van der Waals surface area contributed by atoms with Gasteiger partial charge in [-0.25, -0.2) is 0 Å². The van der Waals surface area contributed by atoms with Crippen LogP contribution in [0.2, 0.25) is 0 Å². The van der Waals surface area contributed by atoms with Gasteiger partial charge in [-0.05, 0) is 25.7 Å². The van der Waals surface area contributed by atoms with Crippen LogP contribution >= 0.6 is 0 Å². The second-order valence-electron chi connectivity index (χ2n) is 5.26. The summed E-state index contributed by atoms with van der Waals surface area (Å²) in [6, 6.07) is 0.793. The van der Waals surface area contributed by atoms with Crippen LogP contribution in [0.15, 0.2) is 0 Å². The van der Waals surface area contributed by atoms with Crippen molar-refractivity contribution in [2.75, 3.05) is 19.6 Å². The number of nitrogens with two attached hydrogens (primary N) is 1. The normalized spacial score (nSPS) is 29.2. The predicted molar refractivity (Wildman–Crippen MR) is 61.7 cm³/mol. The van der Waals surface area contributed by atoms with Gasteiger partial charge in [-0.3, -0.25) is 0 Å². The van der Waals surface area contributed by atoms with Crippen molar-refractivity contribution in [3.8, 4) is 0 Å². The standard InChI is InChI=1S/C12H24N2O/c13-10-12(15)6-8-14(9-7-12)11-4-2-1-3-5-11/h11,15H,1-10,13H2. The van der Waals surface area contributed by atoms with Gasteiger partial charge in [-0.1, -0.05) is 19.3 Å². The summed E-state index contributed by atoms with van der Waals surface area (Å²) in [5.41, 5.74) is 5.03. The zero-order chi connectivity index (χ0) is 10.7. The molecule has 3 heteroatoms. The lowest BCUT2D eigenvalue weighted by atomic mass is 9.88. The Kier molecular flexibility index (Phi) is 3.65. The van der Waals surface area contributed by atoms with Crippen molar-refractivity contribution >= 4 is 0 Å². The quantitative estimate of drug-likeness (QED) is 0.721. The molecule has 0 atom stereocenters. The molecular formula is C12H24N2O. The number of piperidine rings is 1. The number of hydrogen-bond acceptors (Lipinski definition) is 3. The monoisotopic (exact) mass is 212 g/mol. The van der Waals surface area contributed by atoms with Crippen LogP contribution in [0.5, 0.6) is 0 Å². The summed E-state index contributed by atoms with van der Waals surface area (Å²) < 4.78 is 0. The molecule has 1 aliphatic carbocycles. The summed E-state index contributed by atoms with van der Waals surface area (Å²) in [6.07, 6.45) is 8.64. The number of hydrogen-bond donors (Lipinski definition) is 2. The number of rotatable bonds is 2. The van der Waals surface area contributed by atoms with Gasteiger partial charge in [-0.2, -0.15) is 0 Å². The molecular weight excluding hydrogens is 188 g/mol. The van der Waals surface area contributed by atoms with Crippen LogP contribution in [0.3, 0.4) is 0 Å². The van der Waals surface area contributed by atoms with E-state index in [1.54, 1.807) is 0 Å². The molecule has 2 rings (SSSR count). The average Bonchev–Trinajstić information content (AvgIpc) is 2.31. The molecule has 0 aromatic heterocycles. The van der Waals surface area contributed by atoms with Gasteiger partial charge in [0.1, 0.15) is 0 Å². The van der Waals surface area contributed by atoms with Crippen molar-refractivity contribution in [2.45, 2.75) is 56.6 Å². The maximum atomic E-state index is 10.0. The molecule has 0 aromatic carbocycles. The van der Waals surface area contributed by atoms with Crippen LogP contribution in [0, 0.1) is 0 Å². The zero-order valence-corrected chi connectivity index (χ0v) is 9.62. The van der Waals surface area contributed by atoms with Crippen molar-refractivity contribution in [3.63, 3.8) is 0 Å². The van der Waals surface area contributed by atoms with Crippen LogP contribution in [0.25, 0.3) is 0 Å². The second-order valence-corrected chi connectivity index (χ2v) is 5.26. The molecule has 3 nitrogen and oxygen atoms in total. The zero-order valence-electron chi connectivity index (χ0n) is 9.62. The summed E-state index contributed by atoms with van der Waals surface area (Å²) >= 11 is 0. The Morgan fingerprint density at radius 2 is 1.73 bits per heavy atom. The molecule has 0 aromatic rings. The molecule has 0 spiro atoms. The van der Waals surface area contributed by atoms with Crippen molar-refractivity contribution in [3.05, 3.63) is 0 Å². The molecule has 88 valence electrons. The highest BCUT2D eigenvalue weighted by Crippen LogP contribution is 2.28. The number of nitrogens with zero attached hydrogens (tertiary/aromatic N) is 1. The van der Waals surface area contributed by atoms with Crippen LogP contribution in [-0.4, -0.2) is 41.3 Å². The predicted octanol–water partition coefficient (Wildman–Crippen LogP) is 1.10. The maximum Gasteiger partial charge on any atom is 0.0793 e. The molecule has 1 aliphatic heterocycles. The van der Waals surface area contributed by atoms with Gasteiger partial charge >= 0.3 is 0 Å². The van der Waals surface area contributed by atoms with Gasteiger partial charge < -0.3 is 15.7 Å². The van der Waals surface area contributed by atoms with Crippen molar-refractivity contribution in [1.29, 1.82) is 0 Å². The molecule has 1 heterocycles. The SMILES string of the molecule is NCC1(O)CCN(C2CCCCC2)CC1. The lowest BCUT2D eigenvalue weighted by molar-refractivity contribution is -0.0277. The lowest BCUT2D eigenvalue weighted by Gasteiger charge is -2.42. The van der Waals surface area contributed by atoms with Crippen LogP contribution < -0.4 is 5.73 Å². The van der Waals surface area contributed by atoms with E-state index in [-0.39, 0.29) is 0 Å². The largest absolute Gasteiger partial charge is 0.388 e. The number of aliphatic hydroxyl groups is 1. The van der Waals surface area contributed by atoms with Gasteiger partial charge in [0, 0.05) is 25.7 Å². The Balaban J connectivity index is 1.82. The van der Waals surface area contributed by atoms with E-state index in [0.29, 0.717) is 6.54 Å². The van der Waals surface area contributed by atoms with E-state index in [9.17, 15) is 5.11 Å². The summed E-state index contributed by atoms with van der Waals surface area (Å²) in [5, 5.41) is 10.0. The molecule has 15 heavy (non-hydrogen) atoms. The molecule has 0 unspecified atom stereocenters. The van der Waals surface area contributed by atoms with Crippen LogP contribution in [0.4, 0.5) is 0 Å². The van der Waals surface area contributed by atoms with E-state index in [0.717, 1.165) is 32.0 Å². The first kappa shape index (κ1) is 11.4. The molecule has 2 fully saturated rings. The number of likely N-dealkylation sites (tertiary alicyclic amines) is 1. The Morgan fingerprint density at radius 3 is 2.27 bits per heavy atom.